The summed E-state index contributed by atoms with van der Waals surface area (Å²) in [5, 5.41) is 8.53. The van der Waals surface area contributed by atoms with Crippen LogP contribution in [0.25, 0.3) is 0 Å². The molecule has 1 rings (SSSR count). The number of amides is 1. The van der Waals surface area contributed by atoms with Gasteiger partial charge in [-0.05, 0) is 6.42 Å². The summed E-state index contributed by atoms with van der Waals surface area (Å²) in [6, 6.07) is -0.333. The van der Waals surface area contributed by atoms with Crippen molar-refractivity contribution in [2.24, 2.45) is 0 Å². The third kappa shape index (κ3) is 4.77. The Balaban J connectivity index is 2.54. The molecule has 1 amide bonds. The fourth-order valence-corrected chi connectivity index (χ4v) is 2.91. The highest BCUT2D eigenvalue weighted by atomic mass is 32.2. The topological polar surface area (TPSA) is 107 Å². The van der Waals surface area contributed by atoms with Crippen molar-refractivity contribution < 1.29 is 23.1 Å². The van der Waals surface area contributed by atoms with Crippen molar-refractivity contribution >= 4 is 22.1 Å². The first-order chi connectivity index (χ1) is 8.72. The van der Waals surface area contributed by atoms with Crippen LogP contribution in [-0.2, 0) is 19.8 Å². The van der Waals surface area contributed by atoms with Crippen molar-refractivity contribution in [2.75, 3.05) is 27.2 Å². The molecule has 1 fully saturated rings. The molecule has 0 aromatic rings. The van der Waals surface area contributed by atoms with Crippen LogP contribution in [0.1, 0.15) is 19.3 Å². The number of piperidine rings is 1. The fraction of sp³-hybridized carbons (Fsp3) is 0.800. The van der Waals surface area contributed by atoms with E-state index in [0.29, 0.717) is 19.4 Å². The van der Waals surface area contributed by atoms with Crippen LogP contribution in [-0.4, -0.2) is 67.8 Å². The molecule has 1 aliphatic rings. The molecule has 0 aliphatic carbocycles. The van der Waals surface area contributed by atoms with Gasteiger partial charge in [0.1, 0.15) is 0 Å². The molecule has 0 spiro atoms. The SMILES string of the molecule is CN1CC(NS(=O)(=O)N(C)CCC(=O)O)CCC1=O. The van der Waals surface area contributed by atoms with Crippen molar-refractivity contribution in [3.05, 3.63) is 0 Å². The Morgan fingerprint density at radius 1 is 1.58 bits per heavy atom. The van der Waals surface area contributed by atoms with Crippen molar-refractivity contribution in [2.45, 2.75) is 25.3 Å². The highest BCUT2D eigenvalue weighted by Crippen LogP contribution is 2.11. The monoisotopic (exact) mass is 293 g/mol. The average Bonchev–Trinajstić information content (AvgIpc) is 2.30. The molecule has 8 nitrogen and oxygen atoms in total. The van der Waals surface area contributed by atoms with E-state index in [9.17, 15) is 18.0 Å². The molecule has 1 heterocycles. The number of hydrogen-bond acceptors (Lipinski definition) is 4. The summed E-state index contributed by atoms with van der Waals surface area (Å²) in [6.45, 7) is 0.233. The van der Waals surface area contributed by atoms with Crippen LogP contribution >= 0.6 is 0 Å². The minimum atomic E-state index is -3.71. The minimum Gasteiger partial charge on any atom is -0.481 e. The second kappa shape index (κ2) is 6.31. The molecule has 0 radical (unpaired) electrons. The molecule has 1 aliphatic heterocycles. The van der Waals surface area contributed by atoms with Gasteiger partial charge in [-0.2, -0.15) is 17.4 Å². The number of carbonyl (C=O) groups is 2. The van der Waals surface area contributed by atoms with Crippen LogP contribution in [0, 0.1) is 0 Å². The van der Waals surface area contributed by atoms with Gasteiger partial charge in [-0.3, -0.25) is 9.59 Å². The second-order valence-corrected chi connectivity index (χ2v) is 6.41. The maximum atomic E-state index is 11.9. The number of likely N-dealkylation sites (tertiary alicyclic amines) is 1. The van der Waals surface area contributed by atoms with Crippen LogP contribution in [0.3, 0.4) is 0 Å². The average molecular weight is 293 g/mol. The van der Waals surface area contributed by atoms with Gasteiger partial charge in [0.05, 0.1) is 6.42 Å². The maximum absolute atomic E-state index is 11.9. The van der Waals surface area contributed by atoms with E-state index in [1.165, 1.54) is 11.9 Å². The molecule has 0 aromatic heterocycles. The van der Waals surface area contributed by atoms with Gasteiger partial charge in [-0.25, -0.2) is 0 Å². The van der Waals surface area contributed by atoms with E-state index in [4.69, 9.17) is 5.11 Å². The van der Waals surface area contributed by atoms with Gasteiger partial charge in [-0.15, -0.1) is 0 Å². The van der Waals surface area contributed by atoms with Gasteiger partial charge in [0.2, 0.25) is 5.91 Å². The normalized spacial score (nSPS) is 20.9. The van der Waals surface area contributed by atoms with Crippen LogP contribution in [0.5, 0.6) is 0 Å². The molecular weight excluding hydrogens is 274 g/mol. The number of hydrogen-bond donors (Lipinski definition) is 2. The number of nitrogens with zero attached hydrogens (tertiary/aromatic N) is 2. The predicted molar refractivity (Wildman–Crippen MR) is 67.6 cm³/mol. The molecule has 0 bridgehead atoms. The standard InChI is InChI=1S/C10H19N3O5S/c1-12-7-8(3-4-9(12)14)11-19(17,18)13(2)6-5-10(15)16/h8,11H,3-7H2,1-2H3,(H,15,16). The van der Waals surface area contributed by atoms with E-state index in [0.717, 1.165) is 4.31 Å². The molecule has 0 saturated carbocycles. The number of carboxylic acid groups (broad SMARTS) is 1. The Labute approximate surface area is 112 Å². The van der Waals surface area contributed by atoms with Gasteiger partial charge >= 0.3 is 5.97 Å². The molecular formula is C10H19N3O5S. The lowest BCUT2D eigenvalue weighted by Gasteiger charge is -2.31. The first-order valence-electron chi connectivity index (χ1n) is 5.91. The number of carboxylic acids is 1. The maximum Gasteiger partial charge on any atom is 0.304 e. The van der Waals surface area contributed by atoms with Crippen LogP contribution in [0.4, 0.5) is 0 Å². The number of likely N-dealkylation sites (N-methyl/N-ethyl adjacent to an activating group) is 1. The van der Waals surface area contributed by atoms with Crippen LogP contribution < -0.4 is 4.72 Å². The van der Waals surface area contributed by atoms with Gasteiger partial charge in [0.15, 0.2) is 0 Å². The Kier molecular flexibility index (Phi) is 5.27. The van der Waals surface area contributed by atoms with Gasteiger partial charge < -0.3 is 10.0 Å². The number of aliphatic carboxylic acids is 1. The lowest BCUT2D eigenvalue weighted by Crippen LogP contribution is -2.51. The lowest BCUT2D eigenvalue weighted by atomic mass is 10.1. The molecule has 110 valence electrons. The summed E-state index contributed by atoms with van der Waals surface area (Å²) in [5.41, 5.74) is 0. The van der Waals surface area contributed by atoms with E-state index < -0.39 is 16.2 Å². The highest BCUT2D eigenvalue weighted by molar-refractivity contribution is 7.87. The Hall–Kier alpha value is -1.19. The number of nitrogens with one attached hydrogen (secondary N) is 1. The highest BCUT2D eigenvalue weighted by Gasteiger charge is 2.28. The second-order valence-electron chi connectivity index (χ2n) is 4.60. The van der Waals surface area contributed by atoms with Gasteiger partial charge in [-0.1, -0.05) is 0 Å². The summed E-state index contributed by atoms with van der Waals surface area (Å²) in [5.74, 6) is -1.06. The summed E-state index contributed by atoms with van der Waals surface area (Å²) in [6.07, 6.45) is 0.512. The van der Waals surface area contributed by atoms with Crippen LogP contribution in [0.2, 0.25) is 0 Å². The minimum absolute atomic E-state index is 0.00493. The zero-order chi connectivity index (χ0) is 14.6. The summed E-state index contributed by atoms with van der Waals surface area (Å²) >= 11 is 0. The fourth-order valence-electron chi connectivity index (χ4n) is 1.78. The molecule has 0 aromatic carbocycles. The molecule has 9 heteroatoms. The van der Waals surface area contributed by atoms with Gasteiger partial charge in [0.25, 0.3) is 10.2 Å². The zero-order valence-electron chi connectivity index (χ0n) is 11.0. The Bertz CT molecular complexity index is 450. The largest absolute Gasteiger partial charge is 0.481 e. The molecule has 19 heavy (non-hydrogen) atoms. The van der Waals surface area contributed by atoms with Crippen molar-refractivity contribution in [1.29, 1.82) is 0 Å². The Morgan fingerprint density at radius 3 is 2.74 bits per heavy atom. The van der Waals surface area contributed by atoms with Crippen molar-refractivity contribution in [3.63, 3.8) is 0 Å². The molecule has 1 atom stereocenters. The zero-order valence-corrected chi connectivity index (χ0v) is 11.8. The molecule has 2 N–H and O–H groups in total. The third-order valence-electron chi connectivity index (χ3n) is 2.99. The third-order valence-corrected chi connectivity index (χ3v) is 4.63. The quantitative estimate of drug-likeness (QED) is 0.643. The van der Waals surface area contributed by atoms with E-state index in [-0.39, 0.29) is 24.9 Å². The first kappa shape index (κ1) is 15.9. The number of carbonyl (C=O) groups excluding carboxylic acids is 1. The molecule has 1 unspecified atom stereocenters. The summed E-state index contributed by atoms with van der Waals surface area (Å²) < 4.78 is 27.3. The van der Waals surface area contributed by atoms with Crippen molar-refractivity contribution in [1.82, 2.24) is 13.9 Å². The van der Waals surface area contributed by atoms with E-state index in [2.05, 4.69) is 4.72 Å². The van der Waals surface area contributed by atoms with E-state index in [1.807, 2.05) is 0 Å². The van der Waals surface area contributed by atoms with Crippen LogP contribution in [0.15, 0.2) is 0 Å². The number of rotatable bonds is 6. The lowest BCUT2D eigenvalue weighted by molar-refractivity contribution is -0.137. The summed E-state index contributed by atoms with van der Waals surface area (Å²) in [7, 11) is -0.770. The summed E-state index contributed by atoms with van der Waals surface area (Å²) in [4.78, 5) is 23.2. The van der Waals surface area contributed by atoms with E-state index >= 15 is 0 Å². The predicted octanol–water partition coefficient (Wildman–Crippen LogP) is -1.15. The first-order valence-corrected chi connectivity index (χ1v) is 7.35. The Morgan fingerprint density at radius 2 is 2.21 bits per heavy atom. The van der Waals surface area contributed by atoms with Crippen molar-refractivity contribution in [3.8, 4) is 0 Å². The van der Waals surface area contributed by atoms with Gasteiger partial charge in [0, 0.05) is 39.6 Å². The molecule has 1 saturated heterocycles. The smallest absolute Gasteiger partial charge is 0.304 e. The van der Waals surface area contributed by atoms with E-state index in [1.54, 1.807) is 7.05 Å².